The van der Waals surface area contributed by atoms with Crippen molar-refractivity contribution in [2.75, 3.05) is 10.6 Å². The molecule has 3 rings (SSSR count). The van der Waals surface area contributed by atoms with Gasteiger partial charge >= 0.3 is 0 Å². The van der Waals surface area contributed by atoms with Crippen LogP contribution in [-0.2, 0) is 0 Å². The van der Waals surface area contributed by atoms with Gasteiger partial charge in [-0.25, -0.2) is 0 Å². The second-order valence-electron chi connectivity index (χ2n) is 5.86. The van der Waals surface area contributed by atoms with Crippen LogP contribution in [0.4, 0.5) is 11.5 Å². The van der Waals surface area contributed by atoms with Crippen LogP contribution in [0.15, 0.2) is 30.3 Å². The summed E-state index contributed by atoms with van der Waals surface area (Å²) in [6.45, 7) is 0. The highest BCUT2D eigenvalue weighted by molar-refractivity contribution is 6.35. The van der Waals surface area contributed by atoms with E-state index in [-0.39, 0.29) is 11.6 Å². The molecule has 7 heteroatoms. The standard InChI is InChI=1S/C17H18Cl2N4O/c18-11-6-7-13(19)15(10-11)21-17(24)14-8-9-16(23-22-14)20-12-4-2-1-3-5-12/h6-10,12H,1-5H2,(H,20,23)(H,21,24). The van der Waals surface area contributed by atoms with Gasteiger partial charge in [0.05, 0.1) is 10.7 Å². The molecule has 1 saturated carbocycles. The molecule has 2 aromatic rings. The predicted molar refractivity (Wildman–Crippen MR) is 96.9 cm³/mol. The smallest absolute Gasteiger partial charge is 0.276 e. The minimum atomic E-state index is -0.379. The lowest BCUT2D eigenvalue weighted by molar-refractivity contribution is 0.102. The first kappa shape index (κ1) is 17.0. The first-order valence-electron chi connectivity index (χ1n) is 7.98. The summed E-state index contributed by atoms with van der Waals surface area (Å²) in [6, 6.07) is 8.74. The molecule has 24 heavy (non-hydrogen) atoms. The number of aromatic nitrogens is 2. The fourth-order valence-corrected chi connectivity index (χ4v) is 3.10. The first-order chi connectivity index (χ1) is 11.6. The van der Waals surface area contributed by atoms with E-state index in [9.17, 15) is 4.79 Å². The van der Waals surface area contributed by atoms with Crippen LogP contribution in [0, 0.1) is 0 Å². The number of nitrogens with one attached hydrogen (secondary N) is 2. The number of hydrogen-bond acceptors (Lipinski definition) is 4. The molecule has 0 spiro atoms. The van der Waals surface area contributed by atoms with Gasteiger partial charge < -0.3 is 10.6 Å². The van der Waals surface area contributed by atoms with E-state index < -0.39 is 0 Å². The Morgan fingerprint density at radius 1 is 1.04 bits per heavy atom. The molecule has 1 aromatic heterocycles. The van der Waals surface area contributed by atoms with Crippen molar-refractivity contribution in [2.24, 2.45) is 0 Å². The van der Waals surface area contributed by atoms with Crippen LogP contribution >= 0.6 is 23.2 Å². The monoisotopic (exact) mass is 364 g/mol. The van der Waals surface area contributed by atoms with Crippen molar-refractivity contribution in [3.8, 4) is 0 Å². The Hall–Kier alpha value is -1.85. The molecule has 0 bridgehead atoms. The molecule has 1 amide bonds. The third-order valence-electron chi connectivity index (χ3n) is 4.03. The summed E-state index contributed by atoms with van der Waals surface area (Å²) in [5.41, 5.74) is 0.667. The minimum Gasteiger partial charge on any atom is -0.366 e. The summed E-state index contributed by atoms with van der Waals surface area (Å²) in [4.78, 5) is 12.2. The molecule has 1 aliphatic carbocycles. The lowest BCUT2D eigenvalue weighted by Gasteiger charge is -2.22. The van der Waals surface area contributed by atoms with Crippen LogP contribution in [-0.4, -0.2) is 22.1 Å². The number of nitrogens with zero attached hydrogens (tertiary/aromatic N) is 2. The van der Waals surface area contributed by atoms with Gasteiger partial charge in [-0.05, 0) is 43.2 Å². The summed E-state index contributed by atoms with van der Waals surface area (Å²) >= 11 is 12.0. The number of amides is 1. The molecule has 0 radical (unpaired) electrons. The van der Waals surface area contributed by atoms with Crippen LogP contribution in [0.5, 0.6) is 0 Å². The van der Waals surface area contributed by atoms with Gasteiger partial charge in [0.15, 0.2) is 5.69 Å². The Morgan fingerprint density at radius 2 is 1.83 bits per heavy atom. The quantitative estimate of drug-likeness (QED) is 0.818. The van der Waals surface area contributed by atoms with E-state index >= 15 is 0 Å². The highest BCUT2D eigenvalue weighted by Gasteiger charge is 2.15. The Balaban J connectivity index is 1.64. The van der Waals surface area contributed by atoms with E-state index in [2.05, 4.69) is 20.8 Å². The summed E-state index contributed by atoms with van der Waals surface area (Å²) < 4.78 is 0. The van der Waals surface area contributed by atoms with Crippen LogP contribution < -0.4 is 10.6 Å². The van der Waals surface area contributed by atoms with Gasteiger partial charge in [-0.1, -0.05) is 42.5 Å². The predicted octanol–water partition coefficient (Wildman–Crippen LogP) is 4.78. The molecule has 1 aliphatic rings. The van der Waals surface area contributed by atoms with Gasteiger partial charge in [0, 0.05) is 11.1 Å². The third-order valence-corrected chi connectivity index (χ3v) is 4.60. The average molecular weight is 365 g/mol. The number of halogens is 2. The SMILES string of the molecule is O=C(Nc1cc(Cl)ccc1Cl)c1ccc(NC2CCCCC2)nn1. The zero-order chi connectivity index (χ0) is 16.9. The molecule has 1 fully saturated rings. The maximum atomic E-state index is 12.2. The normalized spacial score (nSPS) is 15.1. The molecule has 0 aliphatic heterocycles. The first-order valence-corrected chi connectivity index (χ1v) is 8.74. The van der Waals surface area contributed by atoms with Crippen molar-refractivity contribution in [1.82, 2.24) is 10.2 Å². The number of hydrogen-bond donors (Lipinski definition) is 2. The lowest BCUT2D eigenvalue weighted by Crippen LogP contribution is -2.23. The molecule has 2 N–H and O–H groups in total. The van der Waals surface area contributed by atoms with Crippen molar-refractivity contribution in [3.05, 3.63) is 46.1 Å². The summed E-state index contributed by atoms with van der Waals surface area (Å²) in [7, 11) is 0. The average Bonchev–Trinajstić information content (AvgIpc) is 2.60. The molecule has 0 saturated heterocycles. The Bertz CT molecular complexity index is 715. The molecule has 1 aromatic carbocycles. The van der Waals surface area contributed by atoms with Crippen molar-refractivity contribution >= 4 is 40.6 Å². The van der Waals surface area contributed by atoms with Gasteiger partial charge in [0.2, 0.25) is 0 Å². The number of carbonyl (C=O) groups is 1. The Labute approximate surface area is 150 Å². The molecular weight excluding hydrogens is 347 g/mol. The van der Waals surface area contributed by atoms with Gasteiger partial charge in [0.1, 0.15) is 5.82 Å². The zero-order valence-corrected chi connectivity index (χ0v) is 14.6. The van der Waals surface area contributed by atoms with E-state index in [1.807, 2.05) is 0 Å². The van der Waals surface area contributed by atoms with Gasteiger partial charge in [-0.15, -0.1) is 10.2 Å². The third kappa shape index (κ3) is 4.36. The van der Waals surface area contributed by atoms with Crippen LogP contribution in [0.2, 0.25) is 10.0 Å². The lowest BCUT2D eigenvalue weighted by atomic mass is 9.95. The maximum absolute atomic E-state index is 12.2. The van der Waals surface area contributed by atoms with Crippen molar-refractivity contribution < 1.29 is 4.79 Å². The highest BCUT2D eigenvalue weighted by Crippen LogP contribution is 2.26. The van der Waals surface area contributed by atoms with Gasteiger partial charge in [0.25, 0.3) is 5.91 Å². The molecule has 0 atom stereocenters. The van der Waals surface area contributed by atoms with Crippen molar-refractivity contribution in [2.45, 2.75) is 38.1 Å². The van der Waals surface area contributed by atoms with E-state index in [4.69, 9.17) is 23.2 Å². The molecule has 5 nitrogen and oxygen atoms in total. The highest BCUT2D eigenvalue weighted by atomic mass is 35.5. The van der Waals surface area contributed by atoms with Crippen LogP contribution in [0.1, 0.15) is 42.6 Å². The number of rotatable bonds is 4. The van der Waals surface area contributed by atoms with Crippen molar-refractivity contribution in [3.63, 3.8) is 0 Å². The fraction of sp³-hybridized carbons (Fsp3) is 0.353. The largest absolute Gasteiger partial charge is 0.366 e. The van der Waals surface area contributed by atoms with E-state index in [1.54, 1.807) is 30.3 Å². The molecular formula is C17H18Cl2N4O. The second kappa shape index (κ2) is 7.81. The van der Waals surface area contributed by atoms with Gasteiger partial charge in [-0.2, -0.15) is 0 Å². The summed E-state index contributed by atoms with van der Waals surface area (Å²) in [5.74, 6) is 0.315. The van der Waals surface area contributed by atoms with Crippen LogP contribution in [0.25, 0.3) is 0 Å². The Kier molecular flexibility index (Phi) is 5.53. The molecule has 126 valence electrons. The van der Waals surface area contributed by atoms with Crippen LogP contribution in [0.3, 0.4) is 0 Å². The summed E-state index contributed by atoms with van der Waals surface area (Å²) in [5, 5.41) is 15.1. The summed E-state index contributed by atoms with van der Waals surface area (Å²) in [6.07, 6.45) is 6.08. The van der Waals surface area contributed by atoms with E-state index in [0.717, 1.165) is 12.8 Å². The van der Waals surface area contributed by atoms with E-state index in [0.29, 0.717) is 27.6 Å². The van der Waals surface area contributed by atoms with Gasteiger partial charge in [-0.3, -0.25) is 4.79 Å². The number of benzene rings is 1. The number of anilines is 2. The number of carbonyl (C=O) groups excluding carboxylic acids is 1. The minimum absolute atomic E-state index is 0.222. The van der Waals surface area contributed by atoms with Crippen molar-refractivity contribution in [1.29, 1.82) is 0 Å². The maximum Gasteiger partial charge on any atom is 0.276 e. The Morgan fingerprint density at radius 3 is 2.54 bits per heavy atom. The topological polar surface area (TPSA) is 66.9 Å². The molecule has 0 unspecified atom stereocenters. The molecule has 1 heterocycles. The van der Waals surface area contributed by atoms with E-state index in [1.165, 1.54) is 19.3 Å². The fourth-order valence-electron chi connectivity index (χ4n) is 2.77. The zero-order valence-electron chi connectivity index (χ0n) is 13.1. The second-order valence-corrected chi connectivity index (χ2v) is 6.71.